The Morgan fingerprint density at radius 2 is 1.28 bits per heavy atom. The summed E-state index contributed by atoms with van der Waals surface area (Å²) in [5.74, 6) is -0.992. The molecule has 166 valence electrons. The number of hydrogen-bond donors (Lipinski definition) is 1. The number of carboxylic acid groups (broad SMARTS) is 1. The maximum absolute atomic E-state index is 12.2. The van der Waals surface area contributed by atoms with Crippen LogP contribution >= 0.6 is 0 Å². The van der Waals surface area contributed by atoms with Crippen molar-refractivity contribution < 1.29 is 18.3 Å². The van der Waals surface area contributed by atoms with Crippen molar-refractivity contribution in [1.29, 1.82) is 0 Å². The SMILES string of the molecule is CC.CC.CC.CC.O=C(O)Cc1ccc(S(=O)(=O)CCc2cncnc2)cc1. The number of benzene rings is 1. The second kappa shape index (κ2) is 20.5. The first-order chi connectivity index (χ1) is 14.0. The lowest BCUT2D eigenvalue weighted by molar-refractivity contribution is -0.136. The number of rotatable bonds is 6. The van der Waals surface area contributed by atoms with E-state index >= 15 is 0 Å². The monoisotopic (exact) mass is 426 g/mol. The van der Waals surface area contributed by atoms with Gasteiger partial charge < -0.3 is 5.11 Å². The van der Waals surface area contributed by atoms with Crippen molar-refractivity contribution in [2.45, 2.75) is 73.1 Å². The summed E-state index contributed by atoms with van der Waals surface area (Å²) < 4.78 is 24.4. The zero-order chi connectivity index (χ0) is 23.3. The van der Waals surface area contributed by atoms with Crippen molar-refractivity contribution in [2.24, 2.45) is 0 Å². The minimum Gasteiger partial charge on any atom is -0.481 e. The average Bonchev–Trinajstić information content (AvgIpc) is 2.79. The fourth-order valence-electron chi connectivity index (χ4n) is 1.82. The molecular weight excluding hydrogens is 388 g/mol. The summed E-state index contributed by atoms with van der Waals surface area (Å²) >= 11 is 0. The normalized spacial score (nSPS) is 8.97. The lowest BCUT2D eigenvalue weighted by Gasteiger charge is -2.05. The Morgan fingerprint density at radius 3 is 1.69 bits per heavy atom. The van der Waals surface area contributed by atoms with Crippen LogP contribution < -0.4 is 0 Å². The molecule has 0 amide bonds. The Hall–Kier alpha value is -2.28. The molecule has 1 heterocycles. The summed E-state index contributed by atoms with van der Waals surface area (Å²) in [7, 11) is -3.41. The summed E-state index contributed by atoms with van der Waals surface area (Å²) in [5, 5.41) is 8.68. The number of carboxylic acids is 1. The molecule has 0 unspecified atom stereocenters. The van der Waals surface area contributed by atoms with Gasteiger partial charge in [0.25, 0.3) is 0 Å². The molecular formula is C22H38N2O4S. The fourth-order valence-corrected chi connectivity index (χ4v) is 3.11. The summed E-state index contributed by atoms with van der Waals surface area (Å²) in [4.78, 5) is 18.4. The number of carbonyl (C=O) groups is 1. The topological polar surface area (TPSA) is 97.2 Å². The highest BCUT2D eigenvalue weighted by atomic mass is 32.2. The molecule has 2 rings (SSSR count). The van der Waals surface area contributed by atoms with Crippen LogP contribution in [0.2, 0.25) is 0 Å². The van der Waals surface area contributed by atoms with Crippen molar-refractivity contribution in [1.82, 2.24) is 9.97 Å². The van der Waals surface area contributed by atoms with E-state index in [1.165, 1.54) is 30.6 Å². The average molecular weight is 427 g/mol. The van der Waals surface area contributed by atoms with Crippen molar-refractivity contribution in [3.05, 3.63) is 54.1 Å². The molecule has 0 fully saturated rings. The van der Waals surface area contributed by atoms with Gasteiger partial charge in [-0.3, -0.25) is 4.79 Å². The first-order valence-corrected chi connectivity index (χ1v) is 11.9. The maximum atomic E-state index is 12.2. The smallest absolute Gasteiger partial charge is 0.307 e. The zero-order valence-electron chi connectivity index (χ0n) is 19.1. The van der Waals surface area contributed by atoms with E-state index in [-0.39, 0.29) is 17.1 Å². The van der Waals surface area contributed by atoms with Crippen molar-refractivity contribution in [3.8, 4) is 0 Å². The number of nitrogens with zero attached hydrogens (tertiary/aromatic N) is 2. The number of aliphatic carboxylic acids is 1. The molecule has 29 heavy (non-hydrogen) atoms. The molecule has 0 aliphatic carbocycles. The lowest BCUT2D eigenvalue weighted by Crippen LogP contribution is -2.10. The zero-order valence-corrected chi connectivity index (χ0v) is 20.0. The van der Waals surface area contributed by atoms with Gasteiger partial charge in [-0.05, 0) is 29.7 Å². The van der Waals surface area contributed by atoms with E-state index in [9.17, 15) is 13.2 Å². The molecule has 0 spiro atoms. The third-order valence-corrected chi connectivity index (χ3v) is 4.64. The van der Waals surface area contributed by atoms with Gasteiger partial charge in [-0.25, -0.2) is 18.4 Å². The van der Waals surface area contributed by atoms with Crippen LogP contribution in [0.5, 0.6) is 0 Å². The van der Waals surface area contributed by atoms with E-state index in [0.29, 0.717) is 12.0 Å². The predicted octanol–water partition coefficient (Wildman–Crippen LogP) is 5.22. The second-order valence-corrected chi connectivity index (χ2v) is 6.64. The molecule has 0 bridgehead atoms. The second-order valence-electron chi connectivity index (χ2n) is 4.53. The maximum Gasteiger partial charge on any atom is 0.307 e. The van der Waals surface area contributed by atoms with Gasteiger partial charge in [-0.1, -0.05) is 67.5 Å². The van der Waals surface area contributed by atoms with Gasteiger partial charge in [0, 0.05) is 12.4 Å². The van der Waals surface area contributed by atoms with Crippen LogP contribution in [0, 0.1) is 0 Å². The Labute approximate surface area is 177 Å². The van der Waals surface area contributed by atoms with Crippen molar-refractivity contribution in [2.75, 3.05) is 5.75 Å². The van der Waals surface area contributed by atoms with Gasteiger partial charge in [-0.2, -0.15) is 0 Å². The largest absolute Gasteiger partial charge is 0.481 e. The van der Waals surface area contributed by atoms with Crippen molar-refractivity contribution >= 4 is 15.8 Å². The Morgan fingerprint density at radius 1 is 0.828 bits per heavy atom. The standard InChI is InChI=1S/C14H14N2O4S.4C2H6/c17-14(18)7-11-1-3-13(4-2-11)21(19,20)6-5-12-8-15-10-16-9-12;4*1-2/h1-4,8-10H,5-7H2,(H,17,18);4*1-2H3. The minimum absolute atomic E-state index is 0.0430. The summed E-state index contributed by atoms with van der Waals surface area (Å²) in [6.45, 7) is 16.0. The molecule has 2 aromatic rings. The predicted molar refractivity (Wildman–Crippen MR) is 121 cm³/mol. The third-order valence-electron chi connectivity index (χ3n) is 2.91. The number of hydrogen-bond acceptors (Lipinski definition) is 5. The molecule has 0 atom stereocenters. The van der Waals surface area contributed by atoms with Gasteiger partial charge >= 0.3 is 5.97 Å². The summed E-state index contributed by atoms with van der Waals surface area (Å²) in [6, 6.07) is 5.92. The number of aromatic nitrogens is 2. The van der Waals surface area contributed by atoms with Gasteiger partial charge in [0.15, 0.2) is 9.84 Å². The van der Waals surface area contributed by atoms with Crippen LogP contribution in [0.1, 0.15) is 66.5 Å². The van der Waals surface area contributed by atoms with E-state index in [1.54, 1.807) is 12.4 Å². The first-order valence-electron chi connectivity index (χ1n) is 10.2. The van der Waals surface area contributed by atoms with E-state index in [2.05, 4.69) is 9.97 Å². The third kappa shape index (κ3) is 14.4. The molecule has 7 heteroatoms. The minimum atomic E-state index is -3.41. The summed E-state index contributed by atoms with van der Waals surface area (Å²) in [6.07, 6.45) is 4.76. The van der Waals surface area contributed by atoms with Gasteiger partial charge in [-0.15, -0.1) is 0 Å². The quantitative estimate of drug-likeness (QED) is 0.679. The highest BCUT2D eigenvalue weighted by Crippen LogP contribution is 2.14. The first kappa shape index (κ1) is 31.4. The van der Waals surface area contributed by atoms with Gasteiger partial charge in [0.2, 0.25) is 0 Å². The molecule has 0 aliphatic heterocycles. The van der Waals surface area contributed by atoms with Crippen LogP contribution in [0.25, 0.3) is 0 Å². The van der Waals surface area contributed by atoms with Crippen molar-refractivity contribution in [3.63, 3.8) is 0 Å². The van der Waals surface area contributed by atoms with Gasteiger partial charge in [0.05, 0.1) is 17.1 Å². The van der Waals surface area contributed by atoms with Crippen LogP contribution in [0.15, 0.2) is 47.9 Å². The highest BCUT2D eigenvalue weighted by molar-refractivity contribution is 7.91. The van der Waals surface area contributed by atoms with Crippen LogP contribution in [0.4, 0.5) is 0 Å². The molecule has 6 nitrogen and oxygen atoms in total. The highest BCUT2D eigenvalue weighted by Gasteiger charge is 2.14. The number of sulfone groups is 1. The van der Waals surface area contributed by atoms with Crippen LogP contribution in [-0.2, 0) is 27.5 Å². The van der Waals surface area contributed by atoms with E-state index in [1.807, 2.05) is 55.4 Å². The van der Waals surface area contributed by atoms with E-state index in [0.717, 1.165) is 5.56 Å². The Balaban J connectivity index is -0.000000754. The van der Waals surface area contributed by atoms with E-state index in [4.69, 9.17) is 5.11 Å². The molecule has 0 aliphatic rings. The number of aryl methyl sites for hydroxylation is 1. The molecule has 0 radical (unpaired) electrons. The molecule has 1 aromatic heterocycles. The van der Waals surface area contributed by atoms with Crippen LogP contribution in [0.3, 0.4) is 0 Å². The molecule has 1 aromatic carbocycles. The Kier molecular flexibility index (Phi) is 22.2. The molecule has 0 saturated heterocycles. The lowest BCUT2D eigenvalue weighted by atomic mass is 10.2. The molecule has 1 N–H and O–H groups in total. The fraction of sp³-hybridized carbons (Fsp3) is 0.500. The molecule has 0 saturated carbocycles. The summed E-state index contributed by atoms with van der Waals surface area (Å²) in [5.41, 5.74) is 1.32. The van der Waals surface area contributed by atoms with Gasteiger partial charge in [0.1, 0.15) is 6.33 Å². The Bertz CT molecular complexity index is 716. The van der Waals surface area contributed by atoms with Crippen LogP contribution in [-0.4, -0.2) is 35.2 Å². The van der Waals surface area contributed by atoms with E-state index < -0.39 is 15.8 Å².